The van der Waals surface area contributed by atoms with Crippen LogP contribution < -0.4 is 15.4 Å². The number of fused-ring (bicyclic) bond motifs is 1. The zero-order chi connectivity index (χ0) is 26.3. The summed E-state index contributed by atoms with van der Waals surface area (Å²) in [5.74, 6) is -1.30. The first-order valence-electron chi connectivity index (χ1n) is 11.8. The smallest absolute Gasteiger partial charge is 0.323 e. The number of imidazole rings is 1. The number of nitrogens with zero attached hydrogens (tertiary/aromatic N) is 2. The van der Waals surface area contributed by atoms with Gasteiger partial charge in [0.25, 0.3) is 5.91 Å². The minimum Gasteiger partial charge on any atom is -0.480 e. The molecule has 2 heterocycles. The zero-order valence-electron chi connectivity index (χ0n) is 19.9. The Morgan fingerprint density at radius 2 is 1.86 bits per heavy atom. The van der Waals surface area contributed by atoms with Gasteiger partial charge >= 0.3 is 5.97 Å². The van der Waals surface area contributed by atoms with Gasteiger partial charge in [0.15, 0.2) is 0 Å². The van der Waals surface area contributed by atoms with Gasteiger partial charge in [0.05, 0.1) is 15.9 Å². The number of amides is 1. The van der Waals surface area contributed by atoms with Crippen molar-refractivity contribution in [2.75, 3.05) is 18.4 Å². The molecule has 0 spiro atoms. The Labute approximate surface area is 213 Å². The molecule has 0 bridgehead atoms. The molecule has 4 rings (SSSR count). The third-order valence-corrected chi connectivity index (χ3v) is 7.23. The van der Waals surface area contributed by atoms with Gasteiger partial charge in [-0.25, -0.2) is 13.4 Å². The number of aromatic nitrogens is 2. The quantitative estimate of drug-likeness (QED) is 0.209. The summed E-state index contributed by atoms with van der Waals surface area (Å²) >= 11 is 0. The van der Waals surface area contributed by atoms with E-state index in [1.807, 2.05) is 24.3 Å². The minimum absolute atomic E-state index is 0.0724. The number of anilines is 1. The van der Waals surface area contributed by atoms with Crippen molar-refractivity contribution >= 4 is 44.6 Å². The molecule has 37 heavy (non-hydrogen) atoms. The number of aromatic amines is 1. The molecule has 2 aromatic carbocycles. The number of carbonyl (C=O) groups excluding carboxylic acids is 1. The predicted octanol–water partition coefficient (Wildman–Crippen LogP) is 1.84. The second-order valence-corrected chi connectivity index (χ2v) is 10.2. The number of carboxylic acid groups (broad SMARTS) is 1. The summed E-state index contributed by atoms with van der Waals surface area (Å²) in [6.45, 7) is 0.271. The van der Waals surface area contributed by atoms with Crippen molar-refractivity contribution in [1.29, 1.82) is 0 Å². The SMILES string of the molecule is O=C(NCC(NS(=O)(=O)c1ccccc1)C(=O)O)C1=NOC(CCCCNc2nc3ccccc3[nH]2)C1. The maximum Gasteiger partial charge on any atom is 0.323 e. The number of aliphatic carboxylic acids is 1. The summed E-state index contributed by atoms with van der Waals surface area (Å²) in [7, 11) is -4.07. The van der Waals surface area contributed by atoms with Crippen molar-refractivity contribution in [3.63, 3.8) is 0 Å². The Morgan fingerprint density at radius 3 is 2.62 bits per heavy atom. The van der Waals surface area contributed by atoms with E-state index in [1.54, 1.807) is 6.07 Å². The van der Waals surface area contributed by atoms with Gasteiger partial charge in [-0.2, -0.15) is 4.72 Å². The van der Waals surface area contributed by atoms with Gasteiger partial charge in [-0.05, 0) is 43.5 Å². The van der Waals surface area contributed by atoms with Crippen LogP contribution in [0.1, 0.15) is 25.7 Å². The number of carbonyl (C=O) groups is 2. The summed E-state index contributed by atoms with van der Waals surface area (Å²) in [4.78, 5) is 37.0. The minimum atomic E-state index is -4.07. The van der Waals surface area contributed by atoms with E-state index >= 15 is 0 Å². The number of hydrogen-bond acceptors (Lipinski definition) is 8. The normalized spacial score (nSPS) is 16.1. The standard InChI is InChI=1S/C24H28N6O6S/c31-22(26-15-21(23(32)33)30-37(34,35)17-9-2-1-3-10-17)20-14-16(36-29-20)8-6-7-13-25-24-27-18-11-4-5-12-19(18)28-24/h1-5,9-12,16,21,30H,6-8,13-15H2,(H,26,31)(H,32,33)(H2,25,27,28). The maximum atomic E-state index is 12.4. The van der Waals surface area contributed by atoms with Crippen LogP contribution >= 0.6 is 0 Å². The van der Waals surface area contributed by atoms with Crippen LogP contribution in [0.25, 0.3) is 11.0 Å². The van der Waals surface area contributed by atoms with Crippen LogP contribution in [-0.4, -0.2) is 66.3 Å². The van der Waals surface area contributed by atoms with Crippen molar-refractivity contribution in [3.8, 4) is 0 Å². The highest BCUT2D eigenvalue weighted by Gasteiger charge is 2.29. The highest BCUT2D eigenvalue weighted by molar-refractivity contribution is 7.89. The molecule has 5 N–H and O–H groups in total. The Hall–Kier alpha value is -3.97. The van der Waals surface area contributed by atoms with E-state index in [-0.39, 0.29) is 23.1 Å². The summed E-state index contributed by atoms with van der Waals surface area (Å²) in [5.41, 5.74) is 2.01. The van der Waals surface area contributed by atoms with E-state index in [0.29, 0.717) is 12.4 Å². The number of oxime groups is 1. The van der Waals surface area contributed by atoms with E-state index in [1.165, 1.54) is 24.3 Å². The fraction of sp³-hybridized carbons (Fsp3) is 0.333. The van der Waals surface area contributed by atoms with E-state index in [0.717, 1.165) is 30.4 Å². The van der Waals surface area contributed by atoms with Crippen LogP contribution in [0.3, 0.4) is 0 Å². The Morgan fingerprint density at radius 1 is 1.11 bits per heavy atom. The molecule has 0 radical (unpaired) electrons. The van der Waals surface area contributed by atoms with Crippen LogP contribution in [0.2, 0.25) is 0 Å². The van der Waals surface area contributed by atoms with Gasteiger partial charge in [0.2, 0.25) is 16.0 Å². The first-order valence-corrected chi connectivity index (χ1v) is 13.3. The number of hydrogen-bond donors (Lipinski definition) is 5. The molecule has 0 fully saturated rings. The van der Waals surface area contributed by atoms with Crippen LogP contribution in [0, 0.1) is 0 Å². The first kappa shape index (κ1) is 26.1. The number of unbranched alkanes of at least 4 members (excludes halogenated alkanes) is 1. The van der Waals surface area contributed by atoms with Gasteiger partial charge in [0, 0.05) is 19.5 Å². The second kappa shape index (κ2) is 11.8. The molecule has 12 nitrogen and oxygen atoms in total. The van der Waals surface area contributed by atoms with E-state index in [9.17, 15) is 23.1 Å². The largest absolute Gasteiger partial charge is 0.480 e. The number of para-hydroxylation sites is 2. The van der Waals surface area contributed by atoms with Crippen molar-refractivity contribution in [3.05, 3.63) is 54.6 Å². The van der Waals surface area contributed by atoms with E-state index in [4.69, 9.17) is 4.84 Å². The number of carboxylic acids is 1. The number of rotatable bonds is 13. The van der Waals surface area contributed by atoms with Crippen molar-refractivity contribution in [2.24, 2.45) is 5.16 Å². The number of nitrogens with one attached hydrogen (secondary N) is 4. The molecular weight excluding hydrogens is 500 g/mol. The number of H-pyrrole nitrogens is 1. The predicted molar refractivity (Wildman–Crippen MR) is 137 cm³/mol. The molecule has 1 aromatic heterocycles. The zero-order valence-corrected chi connectivity index (χ0v) is 20.7. The third kappa shape index (κ3) is 7.05. The summed E-state index contributed by atoms with van der Waals surface area (Å²) < 4.78 is 26.9. The molecule has 1 aliphatic heterocycles. The molecule has 196 valence electrons. The highest BCUT2D eigenvalue weighted by atomic mass is 32.2. The molecule has 0 aliphatic carbocycles. The third-order valence-electron chi connectivity index (χ3n) is 5.75. The van der Waals surface area contributed by atoms with Gasteiger partial charge in [-0.3, -0.25) is 9.59 Å². The summed E-state index contributed by atoms with van der Waals surface area (Å²) in [5, 5.41) is 18.9. The average Bonchev–Trinajstić information content (AvgIpc) is 3.53. The Balaban J connectivity index is 1.16. The molecule has 0 saturated carbocycles. The molecular formula is C24H28N6O6S. The van der Waals surface area contributed by atoms with Gasteiger partial charge in [0.1, 0.15) is 17.9 Å². The van der Waals surface area contributed by atoms with E-state index in [2.05, 4.69) is 30.5 Å². The number of benzene rings is 2. The first-order chi connectivity index (χ1) is 17.8. The van der Waals surface area contributed by atoms with Crippen molar-refractivity contribution in [1.82, 2.24) is 20.0 Å². The fourth-order valence-electron chi connectivity index (χ4n) is 3.79. The Bertz CT molecular complexity index is 1340. The lowest BCUT2D eigenvalue weighted by Gasteiger charge is -2.15. The van der Waals surface area contributed by atoms with Gasteiger partial charge in [-0.1, -0.05) is 35.5 Å². The van der Waals surface area contributed by atoms with Gasteiger partial charge < -0.3 is 25.6 Å². The van der Waals surface area contributed by atoms with Crippen LogP contribution in [0.4, 0.5) is 5.95 Å². The molecule has 2 unspecified atom stereocenters. The molecule has 0 saturated heterocycles. The molecule has 2 atom stereocenters. The second-order valence-electron chi connectivity index (χ2n) is 8.53. The van der Waals surface area contributed by atoms with Crippen LogP contribution in [0.5, 0.6) is 0 Å². The fourth-order valence-corrected chi connectivity index (χ4v) is 5.00. The Kier molecular flexibility index (Phi) is 8.36. The van der Waals surface area contributed by atoms with Gasteiger partial charge in [-0.15, -0.1) is 0 Å². The monoisotopic (exact) mass is 528 g/mol. The number of sulfonamides is 1. The topological polar surface area (TPSA) is 175 Å². The van der Waals surface area contributed by atoms with Crippen molar-refractivity contribution in [2.45, 2.75) is 42.7 Å². The maximum absolute atomic E-state index is 12.4. The molecule has 1 aliphatic rings. The molecule has 3 aromatic rings. The van der Waals surface area contributed by atoms with E-state index < -0.39 is 34.5 Å². The lowest BCUT2D eigenvalue weighted by Crippen LogP contribution is -2.49. The van der Waals surface area contributed by atoms with Crippen LogP contribution in [-0.2, 0) is 24.4 Å². The summed E-state index contributed by atoms with van der Waals surface area (Å²) in [6.07, 6.45) is 2.43. The lowest BCUT2D eigenvalue weighted by atomic mass is 10.1. The van der Waals surface area contributed by atoms with Crippen molar-refractivity contribution < 1.29 is 28.0 Å². The lowest BCUT2D eigenvalue weighted by molar-refractivity contribution is -0.138. The average molecular weight is 529 g/mol. The molecule has 13 heteroatoms. The summed E-state index contributed by atoms with van der Waals surface area (Å²) in [6, 6.07) is 13.6. The highest BCUT2D eigenvalue weighted by Crippen LogP contribution is 2.17. The van der Waals surface area contributed by atoms with Crippen LogP contribution in [0.15, 0.2) is 64.6 Å². The molecule has 1 amide bonds.